The van der Waals surface area contributed by atoms with Gasteiger partial charge in [0.05, 0.1) is 17.8 Å². The first-order valence-corrected chi connectivity index (χ1v) is 15.3. The standard InChI is InChI=1S/C32H38N6O3S/c1-32(2,33)31(41)35-26(18-23-20-42-27-13-7-6-12-24(23)27)29(39)36-28-19-37(21-34-28)17-14-25(22-10-4-3-5-11-22)30(40)38-15-8-9-16-38/h3-7,10-13,19-21,25-26H,8-9,14-18,33H2,1-2H3,(H,35,41)(H,36,39)/t25?,26-/m1/s1. The summed E-state index contributed by atoms with van der Waals surface area (Å²) in [6.07, 6.45) is 6.43. The molecule has 9 nitrogen and oxygen atoms in total. The molecule has 0 spiro atoms. The SMILES string of the molecule is CC(C)(N)C(=O)N[C@H](Cc1csc2ccccc12)C(=O)Nc1cn(CCC(C(=O)N2CCCC2)c2ccccc2)cn1. The lowest BCUT2D eigenvalue weighted by atomic mass is 9.94. The fourth-order valence-electron chi connectivity index (χ4n) is 5.28. The van der Waals surface area contributed by atoms with Crippen LogP contribution in [0.5, 0.6) is 0 Å². The molecule has 4 aromatic rings. The number of hydrogen-bond acceptors (Lipinski definition) is 6. The molecule has 5 rings (SSSR count). The molecule has 0 aliphatic carbocycles. The predicted octanol–water partition coefficient (Wildman–Crippen LogP) is 4.30. The van der Waals surface area contributed by atoms with Crippen molar-refractivity contribution in [2.75, 3.05) is 18.4 Å². The van der Waals surface area contributed by atoms with E-state index in [-0.39, 0.29) is 17.7 Å². The van der Waals surface area contributed by atoms with E-state index in [4.69, 9.17) is 5.73 Å². The number of rotatable bonds is 11. The average Bonchev–Trinajstić information content (AvgIpc) is 3.75. The Hall–Kier alpha value is -4.02. The third-order valence-corrected chi connectivity index (χ3v) is 8.68. The number of amides is 3. The Balaban J connectivity index is 1.27. The molecular weight excluding hydrogens is 548 g/mol. The number of carbonyl (C=O) groups excluding carboxylic acids is 3. The summed E-state index contributed by atoms with van der Waals surface area (Å²) in [7, 11) is 0. The summed E-state index contributed by atoms with van der Waals surface area (Å²) in [5, 5.41) is 8.78. The highest BCUT2D eigenvalue weighted by molar-refractivity contribution is 7.17. The lowest BCUT2D eigenvalue weighted by molar-refractivity contribution is -0.132. The Bertz CT molecular complexity index is 1530. The number of nitrogens with two attached hydrogens (primary N) is 1. The zero-order valence-corrected chi connectivity index (χ0v) is 24.9. The van der Waals surface area contributed by atoms with Crippen molar-refractivity contribution in [1.29, 1.82) is 0 Å². The summed E-state index contributed by atoms with van der Waals surface area (Å²) in [6, 6.07) is 17.0. The number of aromatic nitrogens is 2. The quantitative estimate of drug-likeness (QED) is 0.242. The number of hydrogen-bond donors (Lipinski definition) is 3. The summed E-state index contributed by atoms with van der Waals surface area (Å²) in [5.41, 5.74) is 6.87. The van der Waals surface area contributed by atoms with Crippen molar-refractivity contribution < 1.29 is 14.4 Å². The summed E-state index contributed by atoms with van der Waals surface area (Å²) >= 11 is 1.60. The molecule has 1 aliphatic heterocycles. The Morgan fingerprint density at radius 3 is 2.50 bits per heavy atom. The summed E-state index contributed by atoms with van der Waals surface area (Å²) < 4.78 is 3.00. The number of fused-ring (bicyclic) bond motifs is 1. The molecule has 0 bridgehead atoms. The molecule has 1 aliphatic rings. The third kappa shape index (κ3) is 7.06. The molecule has 2 aromatic heterocycles. The van der Waals surface area contributed by atoms with Crippen LogP contribution in [0.25, 0.3) is 10.1 Å². The maximum absolute atomic E-state index is 13.5. The average molecular weight is 587 g/mol. The molecule has 2 atom stereocenters. The van der Waals surface area contributed by atoms with Crippen molar-refractivity contribution in [3.05, 3.63) is 83.6 Å². The molecule has 1 saturated heterocycles. The van der Waals surface area contributed by atoms with Crippen molar-refractivity contribution in [2.24, 2.45) is 5.73 Å². The highest BCUT2D eigenvalue weighted by Crippen LogP contribution is 2.28. The van der Waals surface area contributed by atoms with Gasteiger partial charge in [-0.1, -0.05) is 48.5 Å². The molecule has 220 valence electrons. The van der Waals surface area contributed by atoms with Crippen LogP contribution in [-0.2, 0) is 27.3 Å². The van der Waals surface area contributed by atoms with Crippen LogP contribution in [0, 0.1) is 0 Å². The van der Waals surface area contributed by atoms with Gasteiger partial charge in [0.25, 0.3) is 0 Å². The zero-order valence-electron chi connectivity index (χ0n) is 24.1. The van der Waals surface area contributed by atoms with Crippen molar-refractivity contribution in [3.8, 4) is 0 Å². The van der Waals surface area contributed by atoms with Gasteiger partial charge in [0.15, 0.2) is 5.82 Å². The van der Waals surface area contributed by atoms with Crippen LogP contribution in [-0.4, -0.2) is 56.8 Å². The monoisotopic (exact) mass is 586 g/mol. The van der Waals surface area contributed by atoms with Crippen molar-refractivity contribution in [2.45, 2.75) is 63.6 Å². The number of imidazole rings is 1. The lowest BCUT2D eigenvalue weighted by Crippen LogP contribution is -2.55. The van der Waals surface area contributed by atoms with Gasteiger partial charge in [0, 0.05) is 37.0 Å². The van der Waals surface area contributed by atoms with Crippen LogP contribution in [0.15, 0.2) is 72.5 Å². The minimum atomic E-state index is -1.14. The molecule has 0 radical (unpaired) electrons. The van der Waals surface area contributed by atoms with Gasteiger partial charge in [0.1, 0.15) is 6.04 Å². The maximum atomic E-state index is 13.5. The Kier molecular flexibility index (Phi) is 9.03. The molecule has 3 heterocycles. The summed E-state index contributed by atoms with van der Waals surface area (Å²) in [4.78, 5) is 46.0. The van der Waals surface area contributed by atoms with E-state index in [0.29, 0.717) is 25.2 Å². The predicted molar refractivity (Wildman–Crippen MR) is 166 cm³/mol. The zero-order chi connectivity index (χ0) is 29.7. The molecular formula is C32H38N6O3S. The van der Waals surface area contributed by atoms with Gasteiger partial charge in [-0.2, -0.15) is 0 Å². The molecule has 10 heteroatoms. The minimum absolute atomic E-state index is 0.162. The van der Waals surface area contributed by atoms with Crippen LogP contribution in [0.2, 0.25) is 0 Å². The van der Waals surface area contributed by atoms with Crippen LogP contribution in [0.1, 0.15) is 50.2 Å². The molecule has 2 aromatic carbocycles. The van der Waals surface area contributed by atoms with E-state index in [2.05, 4.69) is 15.6 Å². The van der Waals surface area contributed by atoms with E-state index >= 15 is 0 Å². The van der Waals surface area contributed by atoms with E-state index < -0.39 is 17.5 Å². The van der Waals surface area contributed by atoms with Gasteiger partial charge in [-0.05, 0) is 61.1 Å². The van der Waals surface area contributed by atoms with Gasteiger partial charge >= 0.3 is 0 Å². The second-order valence-electron chi connectivity index (χ2n) is 11.5. The van der Waals surface area contributed by atoms with E-state index in [1.54, 1.807) is 37.7 Å². The highest BCUT2D eigenvalue weighted by Gasteiger charge is 2.30. The van der Waals surface area contributed by atoms with Crippen LogP contribution in [0.4, 0.5) is 5.82 Å². The van der Waals surface area contributed by atoms with Gasteiger partial charge in [0.2, 0.25) is 17.7 Å². The minimum Gasteiger partial charge on any atom is -0.342 e. The normalized spacial score (nSPS) is 15.0. The number of nitrogens with zero attached hydrogens (tertiary/aromatic N) is 3. The number of anilines is 1. The van der Waals surface area contributed by atoms with Gasteiger partial charge in [-0.3, -0.25) is 14.4 Å². The number of aryl methyl sites for hydroxylation is 1. The first-order valence-electron chi connectivity index (χ1n) is 14.4. The van der Waals surface area contributed by atoms with Crippen molar-refractivity contribution in [1.82, 2.24) is 19.8 Å². The van der Waals surface area contributed by atoms with Gasteiger partial charge < -0.3 is 25.8 Å². The fraction of sp³-hybridized carbons (Fsp3) is 0.375. The lowest BCUT2D eigenvalue weighted by Gasteiger charge is -2.24. The number of carbonyl (C=O) groups is 3. The summed E-state index contributed by atoms with van der Waals surface area (Å²) in [6.45, 7) is 5.39. The van der Waals surface area contributed by atoms with E-state index in [1.165, 1.54) is 0 Å². The number of thiophene rings is 1. The molecule has 1 fully saturated rings. The maximum Gasteiger partial charge on any atom is 0.248 e. The van der Waals surface area contributed by atoms with Gasteiger partial charge in [-0.25, -0.2) is 4.98 Å². The van der Waals surface area contributed by atoms with E-state index in [9.17, 15) is 14.4 Å². The Morgan fingerprint density at radius 1 is 1.05 bits per heavy atom. The second-order valence-corrected chi connectivity index (χ2v) is 12.4. The number of likely N-dealkylation sites (tertiary alicyclic amines) is 1. The third-order valence-electron chi connectivity index (χ3n) is 7.67. The van der Waals surface area contributed by atoms with E-state index in [0.717, 1.165) is 47.1 Å². The molecule has 3 amide bonds. The molecule has 4 N–H and O–H groups in total. The summed E-state index contributed by atoms with van der Waals surface area (Å²) in [5.74, 6) is -0.496. The van der Waals surface area contributed by atoms with Crippen LogP contribution in [0.3, 0.4) is 0 Å². The fourth-order valence-corrected chi connectivity index (χ4v) is 6.25. The first kappa shape index (κ1) is 29.5. The van der Waals surface area contributed by atoms with Gasteiger partial charge in [-0.15, -0.1) is 11.3 Å². The van der Waals surface area contributed by atoms with E-state index in [1.807, 2.05) is 69.4 Å². The number of nitrogens with one attached hydrogen (secondary N) is 2. The first-order chi connectivity index (χ1) is 20.2. The van der Waals surface area contributed by atoms with Crippen LogP contribution >= 0.6 is 11.3 Å². The molecule has 0 saturated carbocycles. The topological polar surface area (TPSA) is 122 Å². The van der Waals surface area contributed by atoms with Crippen molar-refractivity contribution >= 4 is 45.0 Å². The highest BCUT2D eigenvalue weighted by atomic mass is 32.1. The van der Waals surface area contributed by atoms with Crippen LogP contribution < -0.4 is 16.4 Å². The molecule has 42 heavy (non-hydrogen) atoms. The largest absolute Gasteiger partial charge is 0.342 e. The van der Waals surface area contributed by atoms with Crippen molar-refractivity contribution in [3.63, 3.8) is 0 Å². The second kappa shape index (κ2) is 12.9. The number of benzene rings is 2. The smallest absolute Gasteiger partial charge is 0.248 e. The molecule has 1 unspecified atom stereocenters. The Labute approximate surface area is 250 Å². The Morgan fingerprint density at radius 2 is 1.76 bits per heavy atom.